The fourth-order valence-corrected chi connectivity index (χ4v) is 4.71. The summed E-state index contributed by atoms with van der Waals surface area (Å²) in [5, 5.41) is 15.8. The second-order valence-corrected chi connectivity index (χ2v) is 8.24. The zero-order valence-electron chi connectivity index (χ0n) is 15.9. The van der Waals surface area contributed by atoms with E-state index in [1.54, 1.807) is 0 Å². The molecule has 1 saturated carbocycles. The van der Waals surface area contributed by atoms with E-state index in [2.05, 4.69) is 39.9 Å². The quantitative estimate of drug-likeness (QED) is 0.896. The molecule has 4 nitrogen and oxygen atoms in total. The van der Waals surface area contributed by atoms with Gasteiger partial charge in [-0.3, -0.25) is 9.58 Å². The molecule has 1 saturated heterocycles. The van der Waals surface area contributed by atoms with E-state index in [0.717, 1.165) is 38.0 Å². The van der Waals surface area contributed by atoms with Crippen molar-refractivity contribution in [1.29, 1.82) is 0 Å². The highest BCUT2D eigenvalue weighted by molar-refractivity contribution is 5.31. The molecule has 0 radical (unpaired) electrons. The minimum atomic E-state index is -0.672. The number of aryl methyl sites for hydroxylation is 1. The van der Waals surface area contributed by atoms with Gasteiger partial charge in [0.25, 0.3) is 0 Å². The molecule has 2 aromatic rings. The lowest BCUT2D eigenvalue weighted by Gasteiger charge is -2.39. The van der Waals surface area contributed by atoms with Gasteiger partial charge in [0, 0.05) is 31.4 Å². The van der Waals surface area contributed by atoms with Gasteiger partial charge in [0.2, 0.25) is 0 Å². The molecule has 4 heteroatoms. The molecule has 1 aromatic carbocycles. The first-order valence-electron chi connectivity index (χ1n) is 10.2. The van der Waals surface area contributed by atoms with Crippen LogP contribution in [0.2, 0.25) is 0 Å². The Morgan fingerprint density at radius 1 is 1.12 bits per heavy atom. The molecular weight excluding hydrogens is 322 g/mol. The zero-order chi connectivity index (χ0) is 18.0. The lowest BCUT2D eigenvalue weighted by Crippen LogP contribution is -2.42. The minimum absolute atomic E-state index is 0.602. The average molecular weight is 354 g/mol. The summed E-state index contributed by atoms with van der Waals surface area (Å²) in [6.45, 7) is 4.90. The lowest BCUT2D eigenvalue weighted by atomic mass is 9.82. The van der Waals surface area contributed by atoms with Crippen LogP contribution in [0.1, 0.15) is 67.7 Å². The molecule has 140 valence electrons. The van der Waals surface area contributed by atoms with Crippen molar-refractivity contribution in [2.75, 3.05) is 13.1 Å². The Balaban J connectivity index is 1.35. The van der Waals surface area contributed by atoms with Crippen LogP contribution >= 0.6 is 0 Å². The minimum Gasteiger partial charge on any atom is -0.385 e. The Hall–Kier alpha value is -1.65. The van der Waals surface area contributed by atoms with Crippen molar-refractivity contribution in [3.8, 4) is 0 Å². The molecule has 2 aliphatic rings. The van der Waals surface area contributed by atoms with E-state index >= 15 is 0 Å². The lowest BCUT2D eigenvalue weighted by molar-refractivity contribution is -0.0282. The second-order valence-electron chi connectivity index (χ2n) is 8.24. The van der Waals surface area contributed by atoms with Gasteiger partial charge in [-0.2, -0.15) is 5.10 Å². The van der Waals surface area contributed by atoms with E-state index in [4.69, 9.17) is 0 Å². The van der Waals surface area contributed by atoms with Gasteiger partial charge in [-0.1, -0.05) is 43.5 Å². The molecule has 4 rings (SSSR count). The molecule has 2 fully saturated rings. The topological polar surface area (TPSA) is 41.3 Å². The van der Waals surface area contributed by atoms with E-state index in [0.29, 0.717) is 6.04 Å². The number of likely N-dealkylation sites (tertiary alicyclic amines) is 1. The second kappa shape index (κ2) is 7.53. The summed E-state index contributed by atoms with van der Waals surface area (Å²) in [7, 11) is 0. The Labute approximate surface area is 156 Å². The number of piperidine rings is 1. The van der Waals surface area contributed by atoms with E-state index in [-0.39, 0.29) is 0 Å². The highest BCUT2D eigenvalue weighted by atomic mass is 16.3. The van der Waals surface area contributed by atoms with Crippen molar-refractivity contribution < 1.29 is 5.11 Å². The molecule has 0 unspecified atom stereocenters. The highest BCUT2D eigenvalue weighted by Gasteiger charge is 2.34. The molecule has 1 aliphatic heterocycles. The third-order valence-corrected chi connectivity index (χ3v) is 6.34. The first-order chi connectivity index (χ1) is 12.6. The predicted octanol–water partition coefficient (Wildman–Crippen LogP) is 4.18. The average Bonchev–Trinajstić information content (AvgIpc) is 3.13. The summed E-state index contributed by atoms with van der Waals surface area (Å²) >= 11 is 0. The molecular formula is C22H31N3O. The Morgan fingerprint density at radius 3 is 2.58 bits per heavy atom. The van der Waals surface area contributed by atoms with Gasteiger partial charge in [-0.15, -0.1) is 0 Å². The molecule has 1 N–H and O–H groups in total. The van der Waals surface area contributed by atoms with Gasteiger partial charge in [0.05, 0.1) is 17.8 Å². The van der Waals surface area contributed by atoms with Gasteiger partial charge < -0.3 is 5.11 Å². The molecule has 0 spiro atoms. The summed E-state index contributed by atoms with van der Waals surface area (Å²) in [5.74, 6) is 0. The molecule has 26 heavy (non-hydrogen) atoms. The number of rotatable bonds is 4. The number of hydrogen-bond acceptors (Lipinski definition) is 3. The van der Waals surface area contributed by atoms with Crippen molar-refractivity contribution >= 4 is 0 Å². The van der Waals surface area contributed by atoms with Crippen molar-refractivity contribution in [3.63, 3.8) is 0 Å². The van der Waals surface area contributed by atoms with E-state index in [1.165, 1.54) is 43.2 Å². The van der Waals surface area contributed by atoms with Gasteiger partial charge in [-0.25, -0.2) is 0 Å². The Morgan fingerprint density at radius 2 is 1.85 bits per heavy atom. The third kappa shape index (κ3) is 3.72. The standard InChI is InChI=1S/C22H31N3O/c1-18-7-5-6-10-21(18)22(26)11-13-24(14-12-22)16-19-15-23-25(17-19)20-8-3-2-4-9-20/h5-7,10,15,17,20,26H,2-4,8-9,11-14,16H2,1H3. The van der Waals surface area contributed by atoms with Crippen LogP contribution in [-0.2, 0) is 12.1 Å². The van der Waals surface area contributed by atoms with Crippen LogP contribution < -0.4 is 0 Å². The SMILES string of the molecule is Cc1ccccc1C1(O)CCN(Cc2cnn(C3CCCCC3)c2)CC1. The van der Waals surface area contributed by atoms with Crippen LogP contribution in [0.3, 0.4) is 0 Å². The maximum atomic E-state index is 11.1. The monoisotopic (exact) mass is 353 g/mol. The molecule has 2 heterocycles. The number of aromatic nitrogens is 2. The maximum absolute atomic E-state index is 11.1. The van der Waals surface area contributed by atoms with Crippen LogP contribution in [0.25, 0.3) is 0 Å². The first-order valence-corrected chi connectivity index (χ1v) is 10.2. The fraction of sp³-hybridized carbons (Fsp3) is 0.591. The summed E-state index contributed by atoms with van der Waals surface area (Å²) in [6, 6.07) is 8.86. The highest BCUT2D eigenvalue weighted by Crippen LogP contribution is 2.35. The van der Waals surface area contributed by atoms with Crippen molar-refractivity contribution in [2.24, 2.45) is 0 Å². The van der Waals surface area contributed by atoms with E-state index < -0.39 is 5.60 Å². The van der Waals surface area contributed by atoms with E-state index in [9.17, 15) is 5.11 Å². The normalized spacial score (nSPS) is 21.8. The molecule has 1 aromatic heterocycles. The van der Waals surface area contributed by atoms with Crippen molar-refractivity contribution in [2.45, 2.75) is 70.1 Å². The maximum Gasteiger partial charge on any atom is 0.0923 e. The van der Waals surface area contributed by atoms with Gasteiger partial charge in [0.1, 0.15) is 0 Å². The van der Waals surface area contributed by atoms with Gasteiger partial charge >= 0.3 is 0 Å². The zero-order valence-corrected chi connectivity index (χ0v) is 15.9. The number of nitrogens with zero attached hydrogens (tertiary/aromatic N) is 3. The van der Waals surface area contributed by atoms with Crippen LogP contribution in [-0.4, -0.2) is 32.9 Å². The van der Waals surface area contributed by atoms with Crippen LogP contribution in [0.5, 0.6) is 0 Å². The summed E-state index contributed by atoms with van der Waals surface area (Å²) in [4.78, 5) is 2.45. The summed E-state index contributed by atoms with van der Waals surface area (Å²) in [5.41, 5.74) is 2.92. The largest absolute Gasteiger partial charge is 0.385 e. The molecule has 1 aliphatic carbocycles. The van der Waals surface area contributed by atoms with Gasteiger partial charge in [0.15, 0.2) is 0 Å². The third-order valence-electron chi connectivity index (χ3n) is 6.34. The number of aliphatic hydroxyl groups is 1. The van der Waals surface area contributed by atoms with Crippen molar-refractivity contribution in [1.82, 2.24) is 14.7 Å². The van der Waals surface area contributed by atoms with Crippen LogP contribution in [0.4, 0.5) is 0 Å². The molecule has 0 atom stereocenters. The summed E-state index contributed by atoms with van der Waals surface area (Å²) < 4.78 is 2.20. The Bertz CT molecular complexity index is 724. The summed E-state index contributed by atoms with van der Waals surface area (Å²) in [6.07, 6.45) is 12.5. The first kappa shape index (κ1) is 17.7. The molecule has 0 amide bonds. The van der Waals surface area contributed by atoms with Gasteiger partial charge in [-0.05, 0) is 43.7 Å². The van der Waals surface area contributed by atoms with Crippen LogP contribution in [0, 0.1) is 6.92 Å². The van der Waals surface area contributed by atoms with Crippen molar-refractivity contribution in [3.05, 3.63) is 53.3 Å². The van der Waals surface area contributed by atoms with Crippen LogP contribution in [0.15, 0.2) is 36.7 Å². The van der Waals surface area contributed by atoms with E-state index in [1.807, 2.05) is 18.3 Å². The number of hydrogen-bond donors (Lipinski definition) is 1. The molecule has 0 bridgehead atoms. The number of benzene rings is 1. The Kier molecular flexibility index (Phi) is 5.14. The predicted molar refractivity (Wildman–Crippen MR) is 104 cm³/mol. The smallest absolute Gasteiger partial charge is 0.0923 e. The fourth-order valence-electron chi connectivity index (χ4n) is 4.71.